The molecule has 0 bridgehead atoms. The van der Waals surface area contributed by atoms with Gasteiger partial charge in [-0.25, -0.2) is 0 Å². The Morgan fingerprint density at radius 3 is 2.00 bits per heavy atom. The van der Waals surface area contributed by atoms with Crippen molar-refractivity contribution >= 4 is 46.3 Å². The maximum atomic E-state index is 10.6. The van der Waals surface area contributed by atoms with E-state index in [-0.39, 0.29) is 15.8 Å². The van der Waals surface area contributed by atoms with E-state index in [1.165, 1.54) is 12.1 Å². The summed E-state index contributed by atoms with van der Waals surface area (Å²) in [5.41, 5.74) is 1.23. The van der Waals surface area contributed by atoms with E-state index in [0.29, 0.717) is 18.8 Å². The molecule has 0 aliphatic rings. The van der Waals surface area contributed by atoms with Crippen LogP contribution in [0.2, 0.25) is 0 Å². The highest BCUT2D eigenvalue weighted by Gasteiger charge is 2.14. The van der Waals surface area contributed by atoms with Gasteiger partial charge in [0, 0.05) is 12.1 Å². The van der Waals surface area contributed by atoms with Crippen molar-refractivity contribution in [2.24, 2.45) is 0 Å². The van der Waals surface area contributed by atoms with Crippen molar-refractivity contribution in [2.45, 2.75) is 13.8 Å². The lowest BCUT2D eigenvalue weighted by molar-refractivity contribution is -0.384. The van der Waals surface area contributed by atoms with Crippen LogP contribution in [0.5, 0.6) is 0 Å². The van der Waals surface area contributed by atoms with Crippen molar-refractivity contribution in [1.82, 2.24) is 0 Å². The molecule has 0 aliphatic carbocycles. The van der Waals surface area contributed by atoms with E-state index in [0.717, 1.165) is 5.56 Å². The Kier molecular flexibility index (Phi) is 6.90. The van der Waals surface area contributed by atoms with Crippen LogP contribution in [0.3, 0.4) is 0 Å². The second-order valence-corrected chi connectivity index (χ2v) is 4.59. The third-order valence-corrected chi connectivity index (χ3v) is 3.08. The zero-order chi connectivity index (χ0) is 15.8. The van der Waals surface area contributed by atoms with E-state index in [1.54, 1.807) is 18.2 Å². The minimum atomic E-state index is -0.454. The summed E-state index contributed by atoms with van der Waals surface area (Å²) in [6.45, 7) is 4.48. The lowest BCUT2D eigenvalue weighted by Crippen LogP contribution is -2.15. The SMILES string of the molecule is CCOC(=S)C(=Cc1ccc([N+](=O)[O-])cc1)C(=S)OCC. The van der Waals surface area contributed by atoms with E-state index in [4.69, 9.17) is 33.9 Å². The highest BCUT2D eigenvalue weighted by Crippen LogP contribution is 2.16. The first-order valence-electron chi connectivity index (χ1n) is 6.30. The molecule has 0 amide bonds. The fourth-order valence-corrected chi connectivity index (χ4v) is 2.08. The van der Waals surface area contributed by atoms with Gasteiger partial charge in [0.2, 0.25) is 0 Å². The number of rotatable bonds is 6. The monoisotopic (exact) mass is 325 g/mol. The van der Waals surface area contributed by atoms with Crippen LogP contribution in [0.25, 0.3) is 6.08 Å². The smallest absolute Gasteiger partial charge is 0.269 e. The molecule has 0 unspecified atom stereocenters. The molecule has 0 saturated heterocycles. The van der Waals surface area contributed by atoms with Crippen molar-refractivity contribution in [3.63, 3.8) is 0 Å². The Bertz CT molecular complexity index is 547. The maximum Gasteiger partial charge on any atom is 0.269 e. The molecule has 0 fully saturated rings. The van der Waals surface area contributed by atoms with Crippen LogP contribution in [-0.4, -0.2) is 28.2 Å². The largest absolute Gasteiger partial charge is 0.483 e. The Morgan fingerprint density at radius 2 is 1.62 bits per heavy atom. The van der Waals surface area contributed by atoms with Gasteiger partial charge < -0.3 is 9.47 Å². The number of nitrogens with zero attached hydrogens (tertiary/aromatic N) is 1. The number of nitro groups is 1. The van der Waals surface area contributed by atoms with Gasteiger partial charge in [0.25, 0.3) is 5.69 Å². The van der Waals surface area contributed by atoms with E-state index < -0.39 is 4.92 Å². The molecule has 0 saturated carbocycles. The summed E-state index contributed by atoms with van der Waals surface area (Å²) < 4.78 is 10.6. The van der Waals surface area contributed by atoms with Crippen LogP contribution in [0.4, 0.5) is 5.69 Å². The van der Waals surface area contributed by atoms with Crippen LogP contribution in [0.15, 0.2) is 29.8 Å². The molecule has 1 aromatic carbocycles. The molecule has 0 aliphatic heterocycles. The Hall–Kier alpha value is -1.86. The summed E-state index contributed by atoms with van der Waals surface area (Å²) in [4.78, 5) is 10.2. The second kappa shape index (κ2) is 8.43. The first-order chi connectivity index (χ1) is 9.99. The highest BCUT2D eigenvalue weighted by molar-refractivity contribution is 7.82. The predicted octanol–water partition coefficient (Wildman–Crippen LogP) is 3.71. The zero-order valence-corrected chi connectivity index (χ0v) is 13.3. The first kappa shape index (κ1) is 17.2. The molecule has 21 heavy (non-hydrogen) atoms. The van der Waals surface area contributed by atoms with Gasteiger partial charge in [-0.2, -0.15) is 0 Å². The molecule has 0 radical (unpaired) electrons. The van der Waals surface area contributed by atoms with Crippen molar-refractivity contribution in [3.8, 4) is 0 Å². The average Bonchev–Trinajstić information content (AvgIpc) is 2.45. The molecular formula is C14H15NO4S2. The molecule has 0 N–H and O–H groups in total. The molecule has 5 nitrogen and oxygen atoms in total. The van der Waals surface area contributed by atoms with Gasteiger partial charge in [0.1, 0.15) is 0 Å². The van der Waals surface area contributed by atoms with E-state index >= 15 is 0 Å². The van der Waals surface area contributed by atoms with E-state index in [1.807, 2.05) is 13.8 Å². The predicted molar refractivity (Wildman–Crippen MR) is 89.5 cm³/mol. The molecule has 1 rings (SSSR count). The van der Waals surface area contributed by atoms with Crippen molar-refractivity contribution in [1.29, 1.82) is 0 Å². The minimum Gasteiger partial charge on any atom is -0.483 e. The molecular weight excluding hydrogens is 310 g/mol. The van der Waals surface area contributed by atoms with Gasteiger partial charge in [-0.05, 0) is 62.1 Å². The van der Waals surface area contributed by atoms with Crippen LogP contribution in [0, 0.1) is 10.1 Å². The number of hydrogen-bond donors (Lipinski definition) is 0. The van der Waals surface area contributed by atoms with Gasteiger partial charge in [-0.3, -0.25) is 10.1 Å². The van der Waals surface area contributed by atoms with Crippen LogP contribution < -0.4 is 0 Å². The fraction of sp³-hybridized carbons (Fsp3) is 0.286. The summed E-state index contributed by atoms with van der Waals surface area (Å²) >= 11 is 10.3. The molecule has 112 valence electrons. The second-order valence-electron chi connectivity index (χ2n) is 3.85. The average molecular weight is 325 g/mol. The summed E-state index contributed by atoms with van der Waals surface area (Å²) in [7, 11) is 0. The molecule has 0 aromatic heterocycles. The van der Waals surface area contributed by atoms with Gasteiger partial charge in [-0.15, -0.1) is 0 Å². The standard InChI is InChI=1S/C14H15NO4S2/c1-3-18-13(20)12(14(21)19-4-2)9-10-5-7-11(8-6-10)15(16)17/h5-9H,3-4H2,1-2H3. The number of benzene rings is 1. The fourth-order valence-electron chi connectivity index (χ4n) is 1.48. The van der Waals surface area contributed by atoms with Crippen LogP contribution in [0.1, 0.15) is 19.4 Å². The number of thiocarbonyl (C=S) groups is 2. The third kappa shape index (κ3) is 5.20. The van der Waals surface area contributed by atoms with E-state index in [2.05, 4.69) is 0 Å². The Labute approximate surface area is 133 Å². The van der Waals surface area contributed by atoms with Crippen LogP contribution >= 0.6 is 24.4 Å². The molecule has 1 aromatic rings. The van der Waals surface area contributed by atoms with Crippen LogP contribution in [-0.2, 0) is 9.47 Å². The topological polar surface area (TPSA) is 61.6 Å². The molecule has 7 heteroatoms. The number of hydrogen-bond acceptors (Lipinski definition) is 6. The maximum absolute atomic E-state index is 10.6. The first-order valence-corrected chi connectivity index (χ1v) is 7.11. The van der Waals surface area contributed by atoms with Gasteiger partial charge in [0.15, 0.2) is 10.1 Å². The summed E-state index contributed by atoms with van der Waals surface area (Å²) in [6.07, 6.45) is 1.69. The van der Waals surface area contributed by atoms with Gasteiger partial charge in [-0.1, -0.05) is 0 Å². The zero-order valence-electron chi connectivity index (χ0n) is 11.7. The molecule has 0 heterocycles. The highest BCUT2D eigenvalue weighted by atomic mass is 32.1. The molecule has 0 spiro atoms. The van der Waals surface area contributed by atoms with Crippen molar-refractivity contribution in [2.75, 3.05) is 13.2 Å². The van der Waals surface area contributed by atoms with Gasteiger partial charge in [0.05, 0.1) is 23.7 Å². The van der Waals surface area contributed by atoms with Crippen molar-refractivity contribution < 1.29 is 14.4 Å². The minimum absolute atomic E-state index is 0.0217. The number of ether oxygens (including phenoxy) is 2. The third-order valence-electron chi connectivity index (χ3n) is 2.41. The number of non-ortho nitro benzene ring substituents is 1. The quantitative estimate of drug-likeness (QED) is 0.344. The lowest BCUT2D eigenvalue weighted by Gasteiger charge is -2.11. The summed E-state index contributed by atoms with van der Waals surface area (Å²) in [5, 5.41) is 11.1. The summed E-state index contributed by atoms with van der Waals surface area (Å²) in [6, 6.07) is 6.05. The summed E-state index contributed by atoms with van der Waals surface area (Å²) in [5.74, 6) is 0. The Balaban J connectivity index is 3.08. The Morgan fingerprint density at radius 1 is 1.14 bits per heavy atom. The molecule has 0 atom stereocenters. The number of nitro benzene ring substituents is 1. The lowest BCUT2D eigenvalue weighted by atomic mass is 10.1. The van der Waals surface area contributed by atoms with Crippen molar-refractivity contribution in [3.05, 3.63) is 45.5 Å². The van der Waals surface area contributed by atoms with E-state index in [9.17, 15) is 10.1 Å². The van der Waals surface area contributed by atoms with Gasteiger partial charge >= 0.3 is 0 Å². The normalized spacial score (nSPS) is 9.62.